The fourth-order valence-electron chi connectivity index (χ4n) is 3.88. The predicted molar refractivity (Wildman–Crippen MR) is 81.9 cm³/mol. The molecule has 1 aromatic heterocycles. The molecule has 1 aliphatic carbocycles. The molecule has 0 aromatic carbocycles. The summed E-state index contributed by atoms with van der Waals surface area (Å²) in [6, 6.07) is 2.50. The van der Waals surface area contributed by atoms with Crippen LogP contribution in [-0.4, -0.2) is 48.7 Å². The normalized spacial score (nSPS) is 32.0. The van der Waals surface area contributed by atoms with Crippen LogP contribution in [0.2, 0.25) is 0 Å². The Labute approximate surface area is 131 Å². The second-order valence-corrected chi connectivity index (χ2v) is 7.05. The van der Waals surface area contributed by atoms with E-state index in [-0.39, 0.29) is 11.9 Å². The van der Waals surface area contributed by atoms with Gasteiger partial charge in [-0.25, -0.2) is 0 Å². The number of rotatable bonds is 3. The Balaban J connectivity index is 1.36. The smallest absolute Gasteiger partial charge is 0.255 e. The molecule has 5 nitrogen and oxygen atoms in total. The van der Waals surface area contributed by atoms with Crippen LogP contribution >= 0.6 is 0 Å². The summed E-state index contributed by atoms with van der Waals surface area (Å²) >= 11 is 0. The Morgan fingerprint density at radius 3 is 2.82 bits per heavy atom. The maximum Gasteiger partial charge on any atom is 0.255 e. The highest BCUT2D eigenvalue weighted by Gasteiger charge is 2.42. The highest BCUT2D eigenvalue weighted by molar-refractivity contribution is 5.95. The number of nitrogens with one attached hydrogen (secondary N) is 1. The zero-order valence-electron chi connectivity index (χ0n) is 13.3. The molecule has 0 spiro atoms. The van der Waals surface area contributed by atoms with Crippen molar-refractivity contribution in [3.8, 4) is 0 Å². The van der Waals surface area contributed by atoms with E-state index in [1.54, 1.807) is 0 Å². The van der Waals surface area contributed by atoms with Crippen LogP contribution in [-0.2, 0) is 4.74 Å². The van der Waals surface area contributed by atoms with Crippen LogP contribution in [0.25, 0.3) is 0 Å². The third kappa shape index (κ3) is 2.68. The Morgan fingerprint density at radius 2 is 2.14 bits per heavy atom. The lowest BCUT2D eigenvalue weighted by atomic mass is 10.1. The first-order valence-electron chi connectivity index (χ1n) is 8.33. The fourth-order valence-corrected chi connectivity index (χ4v) is 3.88. The predicted octanol–water partition coefficient (Wildman–Crippen LogP) is 1.88. The van der Waals surface area contributed by atoms with Gasteiger partial charge in [0.15, 0.2) is 0 Å². The van der Waals surface area contributed by atoms with Crippen LogP contribution < -0.4 is 5.32 Å². The lowest BCUT2D eigenvalue weighted by molar-refractivity contribution is -0.0581. The minimum absolute atomic E-state index is 0.0149. The molecular weight excluding hydrogens is 280 g/mol. The van der Waals surface area contributed by atoms with Crippen molar-refractivity contribution in [3.63, 3.8) is 0 Å². The van der Waals surface area contributed by atoms with E-state index in [4.69, 9.17) is 9.15 Å². The average molecular weight is 304 g/mol. The van der Waals surface area contributed by atoms with E-state index in [1.807, 2.05) is 19.9 Å². The summed E-state index contributed by atoms with van der Waals surface area (Å²) in [4.78, 5) is 14.9. The number of aryl methyl sites for hydroxylation is 2. The molecular formula is C17H24N2O3. The van der Waals surface area contributed by atoms with Crippen LogP contribution in [0.1, 0.15) is 41.1 Å². The molecule has 3 atom stereocenters. The average Bonchev–Trinajstić information content (AvgIpc) is 3.16. The number of amides is 1. The number of furan rings is 1. The van der Waals surface area contributed by atoms with Gasteiger partial charge in [-0.05, 0) is 45.1 Å². The first kappa shape index (κ1) is 14.3. The van der Waals surface area contributed by atoms with Crippen LogP contribution in [0, 0.1) is 19.8 Å². The zero-order valence-corrected chi connectivity index (χ0v) is 13.3. The number of hydrogen-bond acceptors (Lipinski definition) is 4. The molecule has 120 valence electrons. The van der Waals surface area contributed by atoms with Crippen molar-refractivity contribution in [1.82, 2.24) is 10.2 Å². The maximum atomic E-state index is 12.4. The minimum Gasteiger partial charge on any atom is -0.466 e. The number of nitrogens with zero attached hydrogens (tertiary/aromatic N) is 1. The van der Waals surface area contributed by atoms with Gasteiger partial charge in [0.2, 0.25) is 0 Å². The van der Waals surface area contributed by atoms with Crippen molar-refractivity contribution in [2.45, 2.75) is 51.3 Å². The van der Waals surface area contributed by atoms with Crippen LogP contribution in [0.4, 0.5) is 0 Å². The molecule has 3 aliphatic rings. The van der Waals surface area contributed by atoms with Crippen molar-refractivity contribution in [3.05, 3.63) is 23.2 Å². The lowest BCUT2D eigenvalue weighted by Gasteiger charge is -2.35. The third-order valence-electron chi connectivity index (χ3n) is 5.21. The Morgan fingerprint density at radius 1 is 1.32 bits per heavy atom. The second-order valence-electron chi connectivity index (χ2n) is 7.05. The van der Waals surface area contributed by atoms with Gasteiger partial charge in [-0.3, -0.25) is 9.69 Å². The van der Waals surface area contributed by atoms with Gasteiger partial charge in [0.05, 0.1) is 18.3 Å². The van der Waals surface area contributed by atoms with Crippen molar-refractivity contribution in [2.75, 3.05) is 19.7 Å². The van der Waals surface area contributed by atoms with E-state index >= 15 is 0 Å². The van der Waals surface area contributed by atoms with Crippen molar-refractivity contribution in [1.29, 1.82) is 0 Å². The standard InChI is InChI=1S/C17H24N2O3/c1-10-5-15(11(2)22-10)17(20)18-13-6-14-9-21-16(12-3-4-12)8-19(14)7-13/h5,12-14,16H,3-4,6-9H2,1-2H3,(H,18,20)/t13-,14-,16+/m0/s1. The molecule has 3 fully saturated rings. The van der Waals surface area contributed by atoms with Gasteiger partial charge in [-0.2, -0.15) is 0 Å². The number of carbonyl (C=O) groups is 1. The molecule has 1 amide bonds. The highest BCUT2D eigenvalue weighted by Crippen LogP contribution is 2.37. The van der Waals surface area contributed by atoms with Gasteiger partial charge >= 0.3 is 0 Å². The summed E-state index contributed by atoms with van der Waals surface area (Å²) in [6.45, 7) is 6.50. The van der Waals surface area contributed by atoms with E-state index in [0.717, 1.165) is 37.8 Å². The van der Waals surface area contributed by atoms with Gasteiger partial charge in [-0.1, -0.05) is 0 Å². The van der Waals surface area contributed by atoms with Crippen molar-refractivity contribution >= 4 is 5.91 Å². The maximum absolute atomic E-state index is 12.4. The molecule has 1 saturated carbocycles. The summed E-state index contributed by atoms with van der Waals surface area (Å²) in [5.74, 6) is 2.25. The monoisotopic (exact) mass is 304 g/mol. The quantitative estimate of drug-likeness (QED) is 0.926. The zero-order chi connectivity index (χ0) is 15.3. The summed E-state index contributed by atoms with van der Waals surface area (Å²) in [5, 5.41) is 3.17. The first-order chi connectivity index (χ1) is 10.6. The largest absolute Gasteiger partial charge is 0.466 e. The lowest BCUT2D eigenvalue weighted by Crippen LogP contribution is -2.47. The third-order valence-corrected chi connectivity index (χ3v) is 5.21. The highest BCUT2D eigenvalue weighted by atomic mass is 16.5. The van der Waals surface area contributed by atoms with Gasteiger partial charge < -0.3 is 14.5 Å². The van der Waals surface area contributed by atoms with Crippen molar-refractivity contribution < 1.29 is 13.9 Å². The molecule has 2 aliphatic heterocycles. The van der Waals surface area contributed by atoms with E-state index in [9.17, 15) is 4.79 Å². The molecule has 1 N–H and O–H groups in total. The van der Waals surface area contributed by atoms with E-state index in [2.05, 4.69) is 10.2 Å². The number of fused-ring (bicyclic) bond motifs is 1. The van der Waals surface area contributed by atoms with Crippen LogP contribution in [0.3, 0.4) is 0 Å². The molecule has 0 unspecified atom stereocenters. The van der Waals surface area contributed by atoms with Gasteiger partial charge in [0.25, 0.3) is 5.91 Å². The van der Waals surface area contributed by atoms with Crippen molar-refractivity contribution in [2.24, 2.45) is 5.92 Å². The number of carbonyl (C=O) groups excluding carboxylic acids is 1. The summed E-state index contributed by atoms with van der Waals surface area (Å²) in [6.07, 6.45) is 4.05. The van der Waals surface area contributed by atoms with Gasteiger partial charge in [-0.15, -0.1) is 0 Å². The minimum atomic E-state index is -0.0149. The summed E-state index contributed by atoms with van der Waals surface area (Å²) < 4.78 is 11.5. The summed E-state index contributed by atoms with van der Waals surface area (Å²) in [7, 11) is 0. The Bertz CT molecular complexity index is 578. The molecule has 2 saturated heterocycles. The number of hydrogen-bond donors (Lipinski definition) is 1. The van der Waals surface area contributed by atoms with Crippen LogP contribution in [0.5, 0.6) is 0 Å². The molecule has 5 heteroatoms. The van der Waals surface area contributed by atoms with E-state index < -0.39 is 0 Å². The molecule has 1 aromatic rings. The molecule has 0 radical (unpaired) electrons. The molecule has 0 bridgehead atoms. The summed E-state index contributed by atoms with van der Waals surface area (Å²) in [5.41, 5.74) is 0.662. The number of morpholine rings is 1. The van der Waals surface area contributed by atoms with Gasteiger partial charge in [0.1, 0.15) is 11.5 Å². The van der Waals surface area contributed by atoms with Gasteiger partial charge in [0, 0.05) is 25.2 Å². The topological polar surface area (TPSA) is 54.7 Å². The fraction of sp³-hybridized carbons (Fsp3) is 0.706. The van der Waals surface area contributed by atoms with E-state index in [1.165, 1.54) is 12.8 Å². The molecule has 3 heterocycles. The Kier molecular flexibility index (Phi) is 3.50. The second kappa shape index (κ2) is 5.39. The first-order valence-corrected chi connectivity index (χ1v) is 8.33. The Hall–Kier alpha value is -1.33. The van der Waals surface area contributed by atoms with E-state index in [0.29, 0.717) is 23.5 Å². The molecule has 4 rings (SSSR count). The molecule has 22 heavy (non-hydrogen) atoms. The SMILES string of the molecule is Cc1cc(C(=O)N[C@H]2C[C@H]3CO[C@@H](C4CC4)CN3C2)c(C)o1. The number of ether oxygens (including phenoxy) is 1. The van der Waals surface area contributed by atoms with Crippen LogP contribution in [0.15, 0.2) is 10.5 Å².